The van der Waals surface area contributed by atoms with Crippen LogP contribution >= 0.6 is 11.6 Å². The van der Waals surface area contributed by atoms with Crippen molar-refractivity contribution in [3.8, 4) is 0 Å². The molecule has 5 nitrogen and oxygen atoms in total. The number of rotatable bonds is 3. The Labute approximate surface area is 84.7 Å². The molecule has 0 saturated heterocycles. The molecule has 76 valence electrons. The molecular weight excluding hydrogens is 211 g/mol. The Bertz CT molecular complexity index is 360. The summed E-state index contributed by atoms with van der Waals surface area (Å²) in [7, 11) is 1.48. The van der Waals surface area contributed by atoms with E-state index in [4.69, 9.17) is 17.3 Å². The Morgan fingerprint density at radius 3 is 3.00 bits per heavy atom. The number of carbonyl (C=O) groups excluding carboxylic acids is 1. The summed E-state index contributed by atoms with van der Waals surface area (Å²) in [6.45, 7) is -0.135. The number of hydrogen-bond acceptors (Lipinski definition) is 4. The summed E-state index contributed by atoms with van der Waals surface area (Å²) < 4.78 is 13.1. The third kappa shape index (κ3) is 2.53. The minimum Gasteiger partial charge on any atom is -0.368 e. The van der Waals surface area contributed by atoms with Crippen molar-refractivity contribution >= 4 is 23.3 Å². The number of nitrogens with two attached hydrogens (primary N) is 1. The van der Waals surface area contributed by atoms with Crippen molar-refractivity contribution in [3.63, 3.8) is 0 Å². The fourth-order valence-electron chi connectivity index (χ4n) is 0.914. The zero-order valence-electron chi connectivity index (χ0n) is 7.37. The number of likely N-dealkylation sites (N-methyl/N-ethyl adjacent to an activating group) is 1. The van der Waals surface area contributed by atoms with Gasteiger partial charge in [0, 0.05) is 7.05 Å². The molecule has 0 spiro atoms. The molecular formula is C7H8ClFN4O. The van der Waals surface area contributed by atoms with Gasteiger partial charge in [-0.1, -0.05) is 0 Å². The van der Waals surface area contributed by atoms with Crippen molar-refractivity contribution in [1.29, 1.82) is 0 Å². The van der Waals surface area contributed by atoms with Gasteiger partial charge in [0.25, 0.3) is 0 Å². The Balaban J connectivity index is 2.93. The van der Waals surface area contributed by atoms with E-state index in [1.165, 1.54) is 11.9 Å². The van der Waals surface area contributed by atoms with Crippen molar-refractivity contribution in [2.45, 2.75) is 0 Å². The average molecular weight is 219 g/mol. The quantitative estimate of drug-likeness (QED) is 0.736. The van der Waals surface area contributed by atoms with Gasteiger partial charge < -0.3 is 10.6 Å². The summed E-state index contributed by atoms with van der Waals surface area (Å²) in [5, 5.41) is -0.0854. The van der Waals surface area contributed by atoms with Gasteiger partial charge in [0.05, 0.1) is 12.7 Å². The number of halogens is 2. The summed E-state index contributed by atoms with van der Waals surface area (Å²) in [5.41, 5.74) is 4.94. The van der Waals surface area contributed by atoms with E-state index in [1.807, 2.05) is 0 Å². The van der Waals surface area contributed by atoms with Crippen LogP contribution in [0.4, 0.5) is 10.2 Å². The van der Waals surface area contributed by atoms with Crippen LogP contribution in [0.2, 0.25) is 5.28 Å². The van der Waals surface area contributed by atoms with Gasteiger partial charge in [-0.05, 0) is 11.6 Å². The number of nitrogens with zero attached hydrogens (tertiary/aromatic N) is 3. The molecule has 0 saturated carbocycles. The topological polar surface area (TPSA) is 72.1 Å². The van der Waals surface area contributed by atoms with Gasteiger partial charge in [0.1, 0.15) is 0 Å². The van der Waals surface area contributed by atoms with E-state index in [9.17, 15) is 9.18 Å². The molecule has 1 aromatic heterocycles. The van der Waals surface area contributed by atoms with Crippen molar-refractivity contribution in [3.05, 3.63) is 17.3 Å². The normalized spacial score (nSPS) is 9.93. The molecule has 1 aromatic rings. The molecule has 0 fully saturated rings. The maximum atomic E-state index is 13.1. The van der Waals surface area contributed by atoms with Crippen molar-refractivity contribution in [1.82, 2.24) is 9.97 Å². The summed E-state index contributed by atoms with van der Waals surface area (Å²) in [5.74, 6) is -1.29. The second kappa shape index (κ2) is 4.19. The molecule has 0 aliphatic carbocycles. The lowest BCUT2D eigenvalue weighted by Gasteiger charge is -2.15. The molecule has 1 heterocycles. The van der Waals surface area contributed by atoms with Crippen molar-refractivity contribution in [2.75, 3.05) is 18.5 Å². The number of carbonyl (C=O) groups is 1. The highest BCUT2D eigenvalue weighted by Gasteiger charge is 2.12. The second-order valence-corrected chi connectivity index (χ2v) is 2.97. The van der Waals surface area contributed by atoms with Gasteiger partial charge in [-0.3, -0.25) is 4.79 Å². The maximum Gasteiger partial charge on any atom is 0.236 e. The number of aromatic nitrogens is 2. The minimum absolute atomic E-state index is 0.0520. The largest absolute Gasteiger partial charge is 0.368 e. The molecule has 0 aromatic carbocycles. The smallest absolute Gasteiger partial charge is 0.236 e. The summed E-state index contributed by atoms with van der Waals surface area (Å²) in [6, 6.07) is 0. The highest BCUT2D eigenvalue weighted by Crippen LogP contribution is 2.15. The highest BCUT2D eigenvalue weighted by molar-refractivity contribution is 6.28. The molecule has 0 radical (unpaired) electrons. The van der Waals surface area contributed by atoms with Gasteiger partial charge in [-0.2, -0.15) is 4.98 Å². The van der Waals surface area contributed by atoms with Crippen LogP contribution in [0, 0.1) is 5.82 Å². The molecule has 7 heteroatoms. The first-order chi connectivity index (χ1) is 6.50. The third-order valence-electron chi connectivity index (χ3n) is 1.45. The first-order valence-electron chi connectivity index (χ1n) is 3.68. The summed E-state index contributed by atoms with van der Waals surface area (Å²) in [4.78, 5) is 18.9. The van der Waals surface area contributed by atoms with Gasteiger partial charge >= 0.3 is 0 Å². The van der Waals surface area contributed by atoms with E-state index in [2.05, 4.69) is 9.97 Å². The zero-order valence-corrected chi connectivity index (χ0v) is 8.12. The zero-order chi connectivity index (χ0) is 10.7. The monoisotopic (exact) mass is 218 g/mol. The van der Waals surface area contributed by atoms with Crippen LogP contribution in [0.15, 0.2) is 6.20 Å². The van der Waals surface area contributed by atoms with E-state index in [0.29, 0.717) is 0 Å². The van der Waals surface area contributed by atoms with E-state index in [1.54, 1.807) is 0 Å². The fourth-order valence-corrected chi connectivity index (χ4v) is 1.04. The third-order valence-corrected chi connectivity index (χ3v) is 1.63. The number of anilines is 1. The first-order valence-corrected chi connectivity index (χ1v) is 4.06. The van der Waals surface area contributed by atoms with Gasteiger partial charge in [-0.25, -0.2) is 9.37 Å². The lowest BCUT2D eigenvalue weighted by Crippen LogP contribution is -2.31. The van der Waals surface area contributed by atoms with Crippen LogP contribution in [0.25, 0.3) is 0 Å². The van der Waals surface area contributed by atoms with Gasteiger partial charge in [0.2, 0.25) is 11.2 Å². The molecule has 1 rings (SSSR count). The highest BCUT2D eigenvalue weighted by atomic mass is 35.5. The molecule has 0 aliphatic heterocycles. The molecule has 14 heavy (non-hydrogen) atoms. The van der Waals surface area contributed by atoms with Crippen LogP contribution in [0.1, 0.15) is 0 Å². The number of hydrogen-bond donors (Lipinski definition) is 1. The first kappa shape index (κ1) is 10.6. The Hall–Kier alpha value is -1.43. The Morgan fingerprint density at radius 1 is 1.79 bits per heavy atom. The lowest BCUT2D eigenvalue weighted by atomic mass is 10.4. The minimum atomic E-state index is -0.654. The molecule has 0 aliphatic rings. The number of primary amides is 1. The predicted molar refractivity (Wildman–Crippen MR) is 49.5 cm³/mol. The molecule has 0 unspecified atom stereocenters. The standard InChI is InChI=1S/C7H8ClFN4O/c1-13(3-5(10)14)6-4(9)2-11-7(8)12-6/h2H,3H2,1H3,(H2,10,14). The van der Waals surface area contributed by atoms with Crippen LogP contribution in [-0.2, 0) is 4.79 Å². The lowest BCUT2D eigenvalue weighted by molar-refractivity contribution is -0.116. The Morgan fingerprint density at radius 2 is 2.43 bits per heavy atom. The molecule has 1 amide bonds. The fraction of sp³-hybridized carbons (Fsp3) is 0.286. The Kier molecular flexibility index (Phi) is 3.19. The number of amides is 1. The second-order valence-electron chi connectivity index (χ2n) is 2.63. The average Bonchev–Trinajstić information content (AvgIpc) is 2.08. The van der Waals surface area contributed by atoms with Crippen molar-refractivity contribution in [2.24, 2.45) is 5.73 Å². The maximum absolute atomic E-state index is 13.1. The summed E-state index contributed by atoms with van der Waals surface area (Å²) >= 11 is 5.47. The molecule has 0 atom stereocenters. The summed E-state index contributed by atoms with van der Waals surface area (Å²) in [6.07, 6.45) is 0.933. The van der Waals surface area contributed by atoms with E-state index in [0.717, 1.165) is 6.20 Å². The van der Waals surface area contributed by atoms with E-state index < -0.39 is 11.7 Å². The molecule has 0 bridgehead atoms. The van der Waals surface area contributed by atoms with Crippen LogP contribution < -0.4 is 10.6 Å². The predicted octanol–water partition coefficient (Wildman–Crippen LogP) is 0.191. The molecule has 2 N–H and O–H groups in total. The van der Waals surface area contributed by atoms with E-state index in [-0.39, 0.29) is 17.6 Å². The van der Waals surface area contributed by atoms with Crippen LogP contribution in [0.5, 0.6) is 0 Å². The van der Waals surface area contributed by atoms with Crippen molar-refractivity contribution < 1.29 is 9.18 Å². The van der Waals surface area contributed by atoms with Crippen LogP contribution in [-0.4, -0.2) is 29.5 Å². The van der Waals surface area contributed by atoms with Gasteiger partial charge in [0.15, 0.2) is 11.6 Å². The van der Waals surface area contributed by atoms with E-state index >= 15 is 0 Å². The van der Waals surface area contributed by atoms with Crippen LogP contribution in [0.3, 0.4) is 0 Å². The van der Waals surface area contributed by atoms with Gasteiger partial charge in [-0.15, -0.1) is 0 Å². The SMILES string of the molecule is CN(CC(N)=O)c1nc(Cl)ncc1F.